The Morgan fingerprint density at radius 3 is 1.95 bits per heavy atom. The van der Waals surface area contributed by atoms with Crippen molar-refractivity contribution in [2.24, 2.45) is 0 Å². The van der Waals surface area contributed by atoms with E-state index in [2.05, 4.69) is 123 Å². The second kappa shape index (κ2) is 19.3. The number of imidazole rings is 1. The summed E-state index contributed by atoms with van der Waals surface area (Å²) in [6, 6.07) is 46.0. The molecule has 84 heavy (non-hydrogen) atoms. The Balaban J connectivity index is 0.00000945. The third-order valence-electron chi connectivity index (χ3n) is 17.5. The summed E-state index contributed by atoms with van der Waals surface area (Å²) in [5, 5.41) is 1.88. The van der Waals surface area contributed by atoms with Crippen molar-refractivity contribution < 1.29 is 56.4 Å². The minimum absolute atomic E-state index is 0. The van der Waals surface area contributed by atoms with Crippen molar-refractivity contribution in [1.82, 2.24) is 14.1 Å². The minimum atomic E-state index is -4.53. The number of nitrogens with zero attached hydrogens (tertiary/aromatic N) is 4. The van der Waals surface area contributed by atoms with E-state index in [1.807, 2.05) is 77.4 Å². The van der Waals surface area contributed by atoms with Gasteiger partial charge >= 0.3 is 0 Å². The molecule has 0 fully saturated rings. The second-order valence-electron chi connectivity index (χ2n) is 26.2. The molecule has 0 spiro atoms. The zero-order valence-corrected chi connectivity index (χ0v) is 51.0. The molecule has 1 aliphatic heterocycles. The summed E-state index contributed by atoms with van der Waals surface area (Å²) in [6.07, 6.45) is -1.66. The van der Waals surface area contributed by atoms with E-state index in [9.17, 15) is 9.60 Å². The van der Waals surface area contributed by atoms with Crippen molar-refractivity contribution in [3.05, 3.63) is 210 Å². The molecule has 4 heterocycles. The summed E-state index contributed by atoms with van der Waals surface area (Å²) in [5.41, 5.74) is -1.84. The Hall–Kier alpha value is -7.33. The van der Waals surface area contributed by atoms with Gasteiger partial charge in [-0.15, -0.1) is 29.7 Å². The zero-order chi connectivity index (χ0) is 74.1. The van der Waals surface area contributed by atoms with Gasteiger partial charge in [-0.2, -0.15) is 18.2 Å². The molecular weight excluding hydrogens is 1200 g/mol. The van der Waals surface area contributed by atoms with E-state index >= 15 is 0 Å². The normalized spacial score (nSPS) is 21.4. The number of hydrogen-bond donors (Lipinski definition) is 0. The molecule has 6 heteroatoms. The van der Waals surface area contributed by atoms with Crippen LogP contribution in [0.1, 0.15) is 182 Å². The molecule has 0 bridgehead atoms. The number of pyridine rings is 1. The number of benzene rings is 8. The number of hydrogen-bond acceptors (Lipinski definition) is 2. The number of ether oxygens (including phenoxy) is 1. The molecule has 426 valence electrons. The van der Waals surface area contributed by atoms with Crippen LogP contribution in [0.3, 0.4) is 0 Å². The summed E-state index contributed by atoms with van der Waals surface area (Å²) in [4.78, 5) is 4.86. The van der Waals surface area contributed by atoms with E-state index < -0.39 is 91.2 Å². The summed E-state index contributed by atoms with van der Waals surface area (Å²) in [5.74, 6) is 1.24. The number of para-hydroxylation sites is 2. The molecule has 0 saturated carbocycles. The van der Waals surface area contributed by atoms with Gasteiger partial charge in [0.15, 0.2) is 0 Å². The average Bonchev–Trinajstić information content (AvgIpc) is 1.09. The molecule has 0 N–H and O–H groups in total. The molecule has 3 aliphatic rings. The molecule has 0 amide bonds. The van der Waals surface area contributed by atoms with Gasteiger partial charge in [-0.3, -0.25) is 4.57 Å². The SMILES string of the molecule is [2H]c1c([2H])c2c(c([2H])c1-c1cc3c4c(c1)n(-c1[c-]c(Oc5[c-]c6c(cc5)c5ccccc5n6-c5cc(C(C)(C)C)ccn5)ccc1)[c-][n+]4-c1c(cccc1C(C)(C)C)-c1cc4c(cc1-c1ccccc1-3)C(C)(C)CCC4(C)C)C(C([2H])([2H])[2H])(C([2H])([2H])[2H])C([2H])([2H])C([2H])([2H])C2(C([2H])([2H])[2H])C([2H])([2H])[2H].[Pt]. The summed E-state index contributed by atoms with van der Waals surface area (Å²) in [7, 11) is 0. The van der Waals surface area contributed by atoms with Gasteiger partial charge < -0.3 is 13.9 Å². The van der Waals surface area contributed by atoms with Gasteiger partial charge in [-0.25, -0.2) is 4.98 Å². The van der Waals surface area contributed by atoms with Crippen LogP contribution < -0.4 is 9.30 Å². The second-order valence-corrected chi connectivity index (χ2v) is 26.2. The monoisotopic (exact) mass is 1300 g/mol. The van der Waals surface area contributed by atoms with Crippen LogP contribution in [-0.2, 0) is 53.6 Å². The van der Waals surface area contributed by atoms with E-state index in [0.717, 1.165) is 73.8 Å². The molecule has 0 unspecified atom stereocenters. The summed E-state index contributed by atoms with van der Waals surface area (Å²) in [6.45, 7) is 4.82. The van der Waals surface area contributed by atoms with Crippen molar-refractivity contribution in [2.75, 3.05) is 0 Å². The molecule has 0 radical (unpaired) electrons. The van der Waals surface area contributed by atoms with Crippen LogP contribution >= 0.6 is 0 Å². The van der Waals surface area contributed by atoms with Crippen LogP contribution in [-0.4, -0.2) is 14.1 Å². The van der Waals surface area contributed by atoms with Crippen molar-refractivity contribution in [3.63, 3.8) is 0 Å². The molecule has 5 nitrogen and oxygen atoms in total. The first kappa shape index (κ1) is 37.9. The molecule has 8 aromatic carbocycles. The van der Waals surface area contributed by atoms with Crippen LogP contribution in [0.5, 0.6) is 11.5 Å². The van der Waals surface area contributed by atoms with Crippen LogP contribution in [0, 0.1) is 18.5 Å². The number of rotatable bonds is 5. The molecule has 0 atom stereocenters. The Morgan fingerprint density at radius 2 is 1.24 bits per heavy atom. The zero-order valence-electron chi connectivity index (χ0n) is 67.7. The third-order valence-corrected chi connectivity index (χ3v) is 17.5. The smallest absolute Gasteiger partial charge is 0.268 e. The molecular formula is C78H76N4OPt-2. The number of fused-ring (bicyclic) bond motifs is 12. The Morgan fingerprint density at radius 1 is 0.583 bits per heavy atom. The predicted octanol–water partition coefficient (Wildman–Crippen LogP) is 19.9. The molecule has 11 aromatic rings. The van der Waals surface area contributed by atoms with Gasteiger partial charge in [0.2, 0.25) is 0 Å². The van der Waals surface area contributed by atoms with Crippen LogP contribution in [0.2, 0.25) is 0 Å². The molecule has 2 aliphatic carbocycles. The Kier molecular flexibility index (Phi) is 8.72. The van der Waals surface area contributed by atoms with Crippen LogP contribution in [0.25, 0.3) is 94.5 Å². The fraction of sp³-hybridized carbons (Fsp3) is 0.308. The van der Waals surface area contributed by atoms with Gasteiger partial charge in [0, 0.05) is 66.2 Å². The first-order valence-electron chi connectivity index (χ1n) is 37.9. The standard InChI is InChI=1S/C78H76N4O.Pt/c1-73(2,3)50-33-38-79-70(42-50)82-67-28-18-17-25-56(67)57-31-30-53(44-68(57)82)83-52-22-19-21-51(43-52)80-47-81-71-58(26-20-27-63(71)74(4,5)6)60-46-66-65(77(11,12)36-37-78(66,13)14)45-59(60)54-23-15-16-24-55(54)61-39-49(41-69(80)72(61)81)48-29-32-62-64(40-48)76(9,10)35-34-75(62,7)8;/h15-33,38-42,45-46H,34-37H2,1-14H3;/q-2;/i7D3,8D3,9D3,10D3,29D,32D,34D2,35D2,40D;. The third kappa shape index (κ3) is 8.96. The summed E-state index contributed by atoms with van der Waals surface area (Å²) >= 11 is 0. The Labute approximate surface area is 538 Å². The quantitative estimate of drug-likeness (QED) is 0.127. The predicted molar refractivity (Wildman–Crippen MR) is 343 cm³/mol. The maximum absolute atomic E-state index is 10.5. The van der Waals surface area contributed by atoms with E-state index in [0.29, 0.717) is 39.4 Å². The largest absolute Gasteiger partial charge is 0.510 e. The van der Waals surface area contributed by atoms with Crippen LogP contribution in [0.4, 0.5) is 0 Å². The van der Waals surface area contributed by atoms with Crippen molar-refractivity contribution >= 4 is 32.8 Å². The first-order chi connectivity index (χ1) is 47.2. The Bertz CT molecular complexity index is 5340. The van der Waals surface area contributed by atoms with E-state index in [1.54, 1.807) is 35.0 Å². The van der Waals surface area contributed by atoms with E-state index in [1.165, 1.54) is 11.6 Å². The van der Waals surface area contributed by atoms with Gasteiger partial charge in [-0.1, -0.05) is 193 Å². The summed E-state index contributed by atoms with van der Waals surface area (Å²) < 4.78 is 190. The molecule has 0 saturated heterocycles. The average molecular weight is 1300 g/mol. The topological polar surface area (TPSA) is 35.9 Å². The first-order valence-corrected chi connectivity index (χ1v) is 28.4. The van der Waals surface area contributed by atoms with E-state index in [-0.39, 0.29) is 54.1 Å². The molecule has 3 aromatic heterocycles. The number of aromatic nitrogens is 4. The van der Waals surface area contributed by atoms with E-state index in [4.69, 9.17) is 26.2 Å². The maximum atomic E-state index is 10.5. The molecule has 14 rings (SSSR count). The minimum Gasteiger partial charge on any atom is -0.510 e. The van der Waals surface area contributed by atoms with Gasteiger partial charge in [0.25, 0.3) is 6.33 Å². The van der Waals surface area contributed by atoms with Crippen molar-refractivity contribution in [3.8, 4) is 73.2 Å². The van der Waals surface area contributed by atoms with Crippen molar-refractivity contribution in [1.29, 1.82) is 0 Å². The maximum Gasteiger partial charge on any atom is 0.268 e. The van der Waals surface area contributed by atoms with Gasteiger partial charge in [-0.05, 0) is 177 Å². The van der Waals surface area contributed by atoms with Gasteiger partial charge in [0.05, 0.1) is 20.8 Å². The fourth-order valence-corrected chi connectivity index (χ4v) is 12.9. The fourth-order valence-electron chi connectivity index (χ4n) is 12.9. The van der Waals surface area contributed by atoms with Crippen molar-refractivity contribution in [2.45, 2.75) is 155 Å². The van der Waals surface area contributed by atoms with Gasteiger partial charge in [0.1, 0.15) is 5.82 Å². The van der Waals surface area contributed by atoms with Crippen LogP contribution in [0.15, 0.2) is 158 Å².